The van der Waals surface area contributed by atoms with Crippen molar-refractivity contribution in [1.82, 2.24) is 19.7 Å². The van der Waals surface area contributed by atoms with Gasteiger partial charge < -0.3 is 8.94 Å². The molecule has 0 bridgehead atoms. The maximum absolute atomic E-state index is 12.6. The minimum Gasteiger partial charge on any atom is -0.461 e. The zero-order valence-corrected chi connectivity index (χ0v) is 15.4. The van der Waals surface area contributed by atoms with E-state index in [1.54, 1.807) is 30.0 Å². The normalized spacial score (nSPS) is 11.5. The molecule has 0 saturated carbocycles. The van der Waals surface area contributed by atoms with Crippen LogP contribution in [0.3, 0.4) is 0 Å². The van der Waals surface area contributed by atoms with Crippen LogP contribution in [0.2, 0.25) is 0 Å². The van der Waals surface area contributed by atoms with Crippen molar-refractivity contribution >= 4 is 33.3 Å². The average molecular weight is 374 g/mol. The smallest absolute Gasteiger partial charge is 0.262 e. The predicted octanol–water partition coefficient (Wildman–Crippen LogP) is 3.55. The summed E-state index contributed by atoms with van der Waals surface area (Å²) in [5, 5.41) is 5.22. The predicted molar refractivity (Wildman–Crippen MR) is 95.9 cm³/mol. The van der Waals surface area contributed by atoms with Gasteiger partial charge in [-0.3, -0.25) is 9.36 Å². The highest BCUT2D eigenvalue weighted by molar-refractivity contribution is 7.98. The molecular formula is C16H14N4O3S2. The van der Waals surface area contributed by atoms with E-state index in [4.69, 9.17) is 8.94 Å². The molecule has 4 rings (SSSR count). The maximum Gasteiger partial charge on any atom is 0.262 e. The van der Waals surface area contributed by atoms with Crippen molar-refractivity contribution in [1.29, 1.82) is 0 Å². The van der Waals surface area contributed by atoms with Crippen LogP contribution in [0.4, 0.5) is 0 Å². The summed E-state index contributed by atoms with van der Waals surface area (Å²) in [5.41, 5.74) is 0.973. The van der Waals surface area contributed by atoms with E-state index < -0.39 is 0 Å². The Morgan fingerprint density at radius 1 is 1.32 bits per heavy atom. The molecule has 0 aliphatic carbocycles. The molecule has 0 aliphatic rings. The van der Waals surface area contributed by atoms with Gasteiger partial charge in [0, 0.05) is 11.9 Å². The molecule has 0 fully saturated rings. The number of thiophene rings is 1. The lowest BCUT2D eigenvalue weighted by atomic mass is 10.2. The van der Waals surface area contributed by atoms with Gasteiger partial charge in [0.1, 0.15) is 4.83 Å². The molecule has 0 radical (unpaired) electrons. The second-order valence-corrected chi connectivity index (χ2v) is 7.65. The molecule has 0 unspecified atom stereocenters. The summed E-state index contributed by atoms with van der Waals surface area (Å²) < 4.78 is 12.0. The van der Waals surface area contributed by atoms with Crippen molar-refractivity contribution < 1.29 is 8.94 Å². The second kappa shape index (κ2) is 6.16. The number of aryl methyl sites for hydroxylation is 2. The number of fused-ring (bicyclic) bond motifs is 1. The fourth-order valence-corrected chi connectivity index (χ4v) is 4.31. The molecule has 25 heavy (non-hydrogen) atoms. The molecule has 0 atom stereocenters. The van der Waals surface area contributed by atoms with Gasteiger partial charge >= 0.3 is 0 Å². The van der Waals surface area contributed by atoms with Gasteiger partial charge in [0.25, 0.3) is 5.56 Å². The summed E-state index contributed by atoms with van der Waals surface area (Å²) in [7, 11) is 1.73. The van der Waals surface area contributed by atoms with Crippen LogP contribution in [0.25, 0.3) is 21.8 Å². The fourth-order valence-electron chi connectivity index (χ4n) is 2.43. The standard InChI is InChI=1S/C16H14N4O3S2/c1-8-9(2)25-14-12(8)15(21)20(3)16(18-14)24-7-11-17-13(19-23-11)10-5-4-6-22-10/h4-6H,7H2,1-3H3. The van der Waals surface area contributed by atoms with E-state index in [2.05, 4.69) is 15.1 Å². The molecule has 0 saturated heterocycles. The van der Waals surface area contributed by atoms with Gasteiger partial charge in [0.05, 0.1) is 17.4 Å². The first kappa shape index (κ1) is 16.1. The largest absolute Gasteiger partial charge is 0.461 e. The second-order valence-electron chi connectivity index (χ2n) is 5.50. The minimum atomic E-state index is -0.0313. The first-order chi connectivity index (χ1) is 12.0. The molecule has 7 nitrogen and oxygen atoms in total. The van der Waals surface area contributed by atoms with Gasteiger partial charge in [0.2, 0.25) is 11.7 Å². The van der Waals surface area contributed by atoms with Crippen molar-refractivity contribution in [3.8, 4) is 11.6 Å². The topological polar surface area (TPSA) is 86.9 Å². The van der Waals surface area contributed by atoms with Gasteiger partial charge in [-0.1, -0.05) is 16.9 Å². The van der Waals surface area contributed by atoms with Crippen molar-refractivity contribution in [3.05, 3.63) is 45.1 Å². The summed E-state index contributed by atoms with van der Waals surface area (Å²) >= 11 is 2.92. The summed E-state index contributed by atoms with van der Waals surface area (Å²) in [5.74, 6) is 1.83. The van der Waals surface area contributed by atoms with Crippen LogP contribution in [-0.2, 0) is 12.8 Å². The highest BCUT2D eigenvalue weighted by Gasteiger charge is 2.16. The van der Waals surface area contributed by atoms with Gasteiger partial charge in [-0.15, -0.1) is 11.3 Å². The molecule has 4 aromatic rings. The number of nitrogens with zero attached hydrogens (tertiary/aromatic N) is 4. The van der Waals surface area contributed by atoms with Crippen molar-refractivity contribution in [2.45, 2.75) is 24.8 Å². The molecule has 0 aromatic carbocycles. The Labute approximate surface area is 150 Å². The molecule has 128 valence electrons. The zero-order chi connectivity index (χ0) is 17.6. The Morgan fingerprint density at radius 2 is 2.16 bits per heavy atom. The first-order valence-corrected chi connectivity index (χ1v) is 9.31. The van der Waals surface area contributed by atoms with Crippen LogP contribution < -0.4 is 5.56 Å². The van der Waals surface area contributed by atoms with E-state index in [0.717, 1.165) is 15.3 Å². The molecule has 0 amide bonds. The average Bonchev–Trinajstić information content (AvgIpc) is 3.31. The lowest BCUT2D eigenvalue weighted by Crippen LogP contribution is -2.19. The van der Waals surface area contributed by atoms with Crippen molar-refractivity contribution in [3.63, 3.8) is 0 Å². The van der Waals surface area contributed by atoms with Crippen LogP contribution in [0.15, 0.2) is 37.3 Å². The van der Waals surface area contributed by atoms with E-state index in [9.17, 15) is 4.79 Å². The van der Waals surface area contributed by atoms with Crippen LogP contribution in [0.1, 0.15) is 16.3 Å². The van der Waals surface area contributed by atoms with Gasteiger partial charge in [-0.05, 0) is 31.5 Å². The Hall–Kier alpha value is -2.39. The van der Waals surface area contributed by atoms with E-state index in [1.165, 1.54) is 23.1 Å². The number of rotatable bonds is 4. The van der Waals surface area contributed by atoms with Crippen LogP contribution in [0.5, 0.6) is 0 Å². The Bertz CT molecular complexity index is 1110. The van der Waals surface area contributed by atoms with Crippen molar-refractivity contribution in [2.75, 3.05) is 0 Å². The molecule has 0 aliphatic heterocycles. The molecule has 4 aromatic heterocycles. The SMILES string of the molecule is Cc1sc2nc(SCc3nc(-c4ccco4)no3)n(C)c(=O)c2c1C. The molecule has 4 heterocycles. The van der Waals surface area contributed by atoms with Gasteiger partial charge in [-0.25, -0.2) is 4.98 Å². The van der Waals surface area contributed by atoms with E-state index in [0.29, 0.717) is 33.8 Å². The third-order valence-corrected chi connectivity index (χ3v) is 6.02. The Morgan fingerprint density at radius 3 is 2.92 bits per heavy atom. The number of aromatic nitrogens is 4. The lowest BCUT2D eigenvalue weighted by molar-refractivity contribution is 0.390. The quantitative estimate of drug-likeness (QED) is 0.399. The highest BCUT2D eigenvalue weighted by Crippen LogP contribution is 2.29. The lowest BCUT2D eigenvalue weighted by Gasteiger charge is -2.05. The third-order valence-electron chi connectivity index (χ3n) is 3.90. The van der Waals surface area contributed by atoms with E-state index >= 15 is 0 Å². The van der Waals surface area contributed by atoms with Crippen LogP contribution in [0, 0.1) is 13.8 Å². The monoisotopic (exact) mass is 374 g/mol. The number of hydrogen-bond donors (Lipinski definition) is 0. The number of hydrogen-bond acceptors (Lipinski definition) is 8. The van der Waals surface area contributed by atoms with Crippen LogP contribution >= 0.6 is 23.1 Å². The summed E-state index contributed by atoms with van der Waals surface area (Å²) in [6.45, 7) is 3.96. The summed E-state index contributed by atoms with van der Waals surface area (Å²) in [4.78, 5) is 23.4. The molecule has 0 spiro atoms. The Balaban J connectivity index is 1.61. The minimum absolute atomic E-state index is 0.0313. The maximum atomic E-state index is 12.6. The summed E-state index contributed by atoms with van der Waals surface area (Å²) in [6.07, 6.45) is 1.56. The van der Waals surface area contributed by atoms with E-state index in [-0.39, 0.29) is 5.56 Å². The molecular weight excluding hydrogens is 360 g/mol. The molecule has 9 heteroatoms. The Kier molecular flexibility index (Phi) is 3.97. The fraction of sp³-hybridized carbons (Fsp3) is 0.250. The first-order valence-electron chi connectivity index (χ1n) is 7.50. The number of thioether (sulfide) groups is 1. The van der Waals surface area contributed by atoms with Gasteiger partial charge in [0.15, 0.2) is 10.9 Å². The summed E-state index contributed by atoms with van der Waals surface area (Å²) in [6, 6.07) is 3.53. The van der Waals surface area contributed by atoms with Crippen LogP contribution in [-0.4, -0.2) is 19.7 Å². The van der Waals surface area contributed by atoms with E-state index in [1.807, 2.05) is 13.8 Å². The third kappa shape index (κ3) is 2.79. The zero-order valence-electron chi connectivity index (χ0n) is 13.8. The van der Waals surface area contributed by atoms with Crippen molar-refractivity contribution in [2.24, 2.45) is 7.05 Å². The number of furan rings is 1. The van der Waals surface area contributed by atoms with Gasteiger partial charge in [-0.2, -0.15) is 4.98 Å². The molecule has 0 N–H and O–H groups in total. The highest BCUT2D eigenvalue weighted by atomic mass is 32.2.